The topological polar surface area (TPSA) is 38.3 Å². The van der Waals surface area contributed by atoms with Gasteiger partial charge in [0.25, 0.3) is 5.91 Å². The standard InChI is InChI=1S/C20H20F3NO2/c1-13(2)4-5-14-6-8-15(9-7-14)19(25)24-17-10-16(20(21,22)23)11-18(12-17)26-3/h4-13H,1-3H3,(H,24,25). The second kappa shape index (κ2) is 8.08. The number of hydrogen-bond acceptors (Lipinski definition) is 2. The second-order valence-electron chi connectivity index (χ2n) is 6.13. The van der Waals surface area contributed by atoms with Crippen LogP contribution in [0.25, 0.3) is 6.08 Å². The fourth-order valence-electron chi connectivity index (χ4n) is 2.21. The summed E-state index contributed by atoms with van der Waals surface area (Å²) in [5, 5.41) is 2.48. The Hall–Kier alpha value is -2.76. The molecule has 26 heavy (non-hydrogen) atoms. The molecule has 0 spiro atoms. The van der Waals surface area contributed by atoms with Gasteiger partial charge in [0, 0.05) is 17.3 Å². The van der Waals surface area contributed by atoms with Gasteiger partial charge in [-0.05, 0) is 35.7 Å². The predicted octanol–water partition coefficient (Wildman–Crippen LogP) is 5.64. The summed E-state index contributed by atoms with van der Waals surface area (Å²) >= 11 is 0. The van der Waals surface area contributed by atoms with E-state index in [9.17, 15) is 18.0 Å². The lowest BCUT2D eigenvalue weighted by atomic mass is 10.1. The van der Waals surface area contributed by atoms with Gasteiger partial charge in [0.15, 0.2) is 0 Å². The van der Waals surface area contributed by atoms with Crippen LogP contribution in [0.4, 0.5) is 18.9 Å². The molecular formula is C20H20F3NO2. The normalized spacial score (nSPS) is 11.8. The summed E-state index contributed by atoms with van der Waals surface area (Å²) in [6.07, 6.45) is -0.549. The van der Waals surface area contributed by atoms with Crippen LogP contribution in [0.15, 0.2) is 48.5 Å². The lowest BCUT2D eigenvalue weighted by molar-refractivity contribution is -0.137. The van der Waals surface area contributed by atoms with Crippen molar-refractivity contribution in [3.63, 3.8) is 0 Å². The van der Waals surface area contributed by atoms with Gasteiger partial charge in [-0.25, -0.2) is 0 Å². The highest BCUT2D eigenvalue weighted by molar-refractivity contribution is 6.04. The number of benzene rings is 2. The van der Waals surface area contributed by atoms with Crippen LogP contribution < -0.4 is 10.1 Å². The molecular weight excluding hydrogens is 343 g/mol. The van der Waals surface area contributed by atoms with Gasteiger partial charge in [-0.3, -0.25) is 4.79 Å². The van der Waals surface area contributed by atoms with E-state index in [1.165, 1.54) is 13.2 Å². The van der Waals surface area contributed by atoms with E-state index in [-0.39, 0.29) is 11.4 Å². The Balaban J connectivity index is 2.19. The second-order valence-corrected chi connectivity index (χ2v) is 6.13. The first-order valence-corrected chi connectivity index (χ1v) is 8.05. The van der Waals surface area contributed by atoms with E-state index in [0.29, 0.717) is 11.5 Å². The van der Waals surface area contributed by atoms with E-state index < -0.39 is 17.6 Å². The number of anilines is 1. The first-order valence-electron chi connectivity index (χ1n) is 8.05. The molecule has 0 aliphatic carbocycles. The number of alkyl halides is 3. The Kier molecular flexibility index (Phi) is 6.08. The molecule has 3 nitrogen and oxygen atoms in total. The van der Waals surface area contributed by atoms with Crippen molar-refractivity contribution >= 4 is 17.7 Å². The van der Waals surface area contributed by atoms with Gasteiger partial charge in [0.05, 0.1) is 12.7 Å². The summed E-state index contributed by atoms with van der Waals surface area (Å²) in [4.78, 5) is 12.3. The first kappa shape index (κ1) is 19.6. The number of allylic oxidation sites excluding steroid dienone is 1. The molecule has 0 heterocycles. The Bertz CT molecular complexity index is 794. The first-order chi connectivity index (χ1) is 12.2. The SMILES string of the molecule is COc1cc(NC(=O)c2ccc(C=CC(C)C)cc2)cc(C(F)(F)F)c1. The number of halogens is 3. The molecule has 0 atom stereocenters. The zero-order chi connectivity index (χ0) is 19.3. The highest BCUT2D eigenvalue weighted by Crippen LogP contribution is 2.34. The van der Waals surface area contributed by atoms with Crippen molar-refractivity contribution in [3.05, 3.63) is 65.2 Å². The number of rotatable bonds is 5. The van der Waals surface area contributed by atoms with E-state index in [4.69, 9.17) is 4.74 Å². The molecule has 0 fully saturated rings. The molecule has 0 bridgehead atoms. The molecule has 0 saturated heterocycles. The molecule has 1 N–H and O–H groups in total. The van der Waals surface area contributed by atoms with Crippen molar-refractivity contribution in [1.82, 2.24) is 0 Å². The molecule has 0 aliphatic heterocycles. The van der Waals surface area contributed by atoms with Crippen molar-refractivity contribution in [2.24, 2.45) is 5.92 Å². The van der Waals surface area contributed by atoms with Crippen LogP contribution in [-0.2, 0) is 6.18 Å². The van der Waals surface area contributed by atoms with Crippen LogP contribution >= 0.6 is 0 Å². The third-order valence-corrected chi connectivity index (χ3v) is 3.57. The number of ether oxygens (including phenoxy) is 1. The zero-order valence-electron chi connectivity index (χ0n) is 14.7. The molecule has 0 aliphatic rings. The highest BCUT2D eigenvalue weighted by Gasteiger charge is 2.31. The van der Waals surface area contributed by atoms with Gasteiger partial charge in [0.2, 0.25) is 0 Å². The van der Waals surface area contributed by atoms with Crippen molar-refractivity contribution in [2.45, 2.75) is 20.0 Å². The molecule has 1 amide bonds. The molecule has 0 radical (unpaired) electrons. The van der Waals surface area contributed by atoms with Gasteiger partial charge >= 0.3 is 6.18 Å². The number of methoxy groups -OCH3 is 1. The fourth-order valence-corrected chi connectivity index (χ4v) is 2.21. The number of carbonyl (C=O) groups is 1. The summed E-state index contributed by atoms with van der Waals surface area (Å²) in [6, 6.07) is 9.90. The lowest BCUT2D eigenvalue weighted by Gasteiger charge is -2.12. The van der Waals surface area contributed by atoms with Crippen LogP contribution in [0.5, 0.6) is 5.75 Å². The van der Waals surface area contributed by atoms with Gasteiger partial charge in [-0.1, -0.05) is 38.1 Å². The van der Waals surface area contributed by atoms with Crippen molar-refractivity contribution in [2.75, 3.05) is 12.4 Å². The minimum Gasteiger partial charge on any atom is -0.497 e. The van der Waals surface area contributed by atoms with Gasteiger partial charge in [0.1, 0.15) is 5.75 Å². The fraction of sp³-hybridized carbons (Fsp3) is 0.250. The Labute approximate surface area is 150 Å². The monoisotopic (exact) mass is 363 g/mol. The quantitative estimate of drug-likeness (QED) is 0.747. The summed E-state index contributed by atoms with van der Waals surface area (Å²) < 4.78 is 43.7. The minimum atomic E-state index is -4.53. The third kappa shape index (κ3) is 5.37. The number of amides is 1. The van der Waals surface area contributed by atoms with Crippen LogP contribution in [0.2, 0.25) is 0 Å². The molecule has 2 aromatic rings. The lowest BCUT2D eigenvalue weighted by Crippen LogP contribution is -2.13. The number of hydrogen-bond donors (Lipinski definition) is 1. The van der Waals surface area contributed by atoms with E-state index in [0.717, 1.165) is 17.7 Å². The summed E-state index contributed by atoms with van der Waals surface area (Å²) in [7, 11) is 1.27. The maximum Gasteiger partial charge on any atom is 0.416 e. The van der Waals surface area contributed by atoms with E-state index in [1.807, 2.05) is 12.2 Å². The molecule has 6 heteroatoms. The summed E-state index contributed by atoms with van der Waals surface area (Å²) in [5.74, 6) is -0.0658. The van der Waals surface area contributed by atoms with Crippen LogP contribution in [-0.4, -0.2) is 13.0 Å². The smallest absolute Gasteiger partial charge is 0.416 e. The van der Waals surface area contributed by atoms with Gasteiger partial charge in [-0.2, -0.15) is 13.2 Å². The molecule has 2 aromatic carbocycles. The number of nitrogens with one attached hydrogen (secondary N) is 1. The van der Waals surface area contributed by atoms with Gasteiger partial charge in [-0.15, -0.1) is 0 Å². The number of carbonyl (C=O) groups excluding carboxylic acids is 1. The largest absolute Gasteiger partial charge is 0.497 e. The molecule has 2 rings (SSSR count). The Morgan fingerprint density at radius 1 is 1.12 bits per heavy atom. The zero-order valence-corrected chi connectivity index (χ0v) is 14.7. The molecule has 138 valence electrons. The van der Waals surface area contributed by atoms with Crippen LogP contribution in [0, 0.1) is 5.92 Å². The molecule has 0 saturated carbocycles. The van der Waals surface area contributed by atoms with Gasteiger partial charge < -0.3 is 10.1 Å². The minimum absolute atomic E-state index is 0.0179. The van der Waals surface area contributed by atoms with E-state index in [2.05, 4.69) is 19.2 Å². The Morgan fingerprint density at radius 3 is 2.31 bits per heavy atom. The summed E-state index contributed by atoms with van der Waals surface area (Å²) in [5.41, 5.74) is 0.422. The Morgan fingerprint density at radius 2 is 1.77 bits per heavy atom. The summed E-state index contributed by atoms with van der Waals surface area (Å²) in [6.45, 7) is 4.11. The average molecular weight is 363 g/mol. The van der Waals surface area contributed by atoms with E-state index >= 15 is 0 Å². The maximum absolute atomic E-state index is 12.9. The molecule has 0 aromatic heterocycles. The van der Waals surface area contributed by atoms with Crippen LogP contribution in [0.3, 0.4) is 0 Å². The average Bonchev–Trinajstić information content (AvgIpc) is 2.59. The predicted molar refractivity (Wildman–Crippen MR) is 96.3 cm³/mol. The maximum atomic E-state index is 12.9. The van der Waals surface area contributed by atoms with Crippen LogP contribution in [0.1, 0.15) is 35.3 Å². The molecule has 0 unspecified atom stereocenters. The van der Waals surface area contributed by atoms with Crippen molar-refractivity contribution < 1.29 is 22.7 Å². The van der Waals surface area contributed by atoms with E-state index in [1.54, 1.807) is 24.3 Å². The third-order valence-electron chi connectivity index (χ3n) is 3.57. The highest BCUT2D eigenvalue weighted by atomic mass is 19.4. The van der Waals surface area contributed by atoms with Crippen molar-refractivity contribution in [1.29, 1.82) is 0 Å². The van der Waals surface area contributed by atoms with Crippen molar-refractivity contribution in [3.8, 4) is 5.75 Å².